The minimum atomic E-state index is -0.353. The van der Waals surface area contributed by atoms with E-state index in [1.54, 1.807) is 6.07 Å². The number of aromatic nitrogens is 1. The SMILES string of the molecule is CCNC(=O)c1noc(-c2cc(C(C)C)c(N=O)cc2O)c1-c1ccc2c(c1)C(C)N(CC(C)C)C2CC. The molecule has 4 rings (SSSR count). The van der Waals surface area contributed by atoms with E-state index in [9.17, 15) is 14.8 Å². The molecular weight excluding hydrogens is 480 g/mol. The summed E-state index contributed by atoms with van der Waals surface area (Å²) in [5.41, 5.74) is 5.18. The molecule has 0 fully saturated rings. The van der Waals surface area contributed by atoms with E-state index >= 15 is 0 Å². The Morgan fingerprint density at radius 1 is 1.16 bits per heavy atom. The van der Waals surface area contributed by atoms with Crippen molar-refractivity contribution in [1.82, 2.24) is 15.4 Å². The molecule has 0 saturated heterocycles. The van der Waals surface area contributed by atoms with Crippen molar-refractivity contribution in [1.29, 1.82) is 0 Å². The van der Waals surface area contributed by atoms with Gasteiger partial charge in [-0.2, -0.15) is 0 Å². The number of hydrogen-bond acceptors (Lipinski definition) is 7. The van der Waals surface area contributed by atoms with Gasteiger partial charge >= 0.3 is 0 Å². The lowest BCUT2D eigenvalue weighted by Gasteiger charge is -2.29. The Morgan fingerprint density at radius 3 is 2.50 bits per heavy atom. The molecule has 1 aromatic heterocycles. The van der Waals surface area contributed by atoms with Crippen LogP contribution in [0.1, 0.15) is 100 Å². The fourth-order valence-corrected chi connectivity index (χ4v) is 5.64. The zero-order chi connectivity index (χ0) is 27.7. The zero-order valence-electron chi connectivity index (χ0n) is 23.3. The van der Waals surface area contributed by atoms with E-state index in [4.69, 9.17) is 4.52 Å². The van der Waals surface area contributed by atoms with E-state index in [-0.39, 0.29) is 40.8 Å². The second-order valence-corrected chi connectivity index (χ2v) is 10.8. The van der Waals surface area contributed by atoms with E-state index in [0.717, 1.165) is 18.5 Å². The van der Waals surface area contributed by atoms with Crippen molar-refractivity contribution in [2.45, 2.75) is 72.9 Å². The van der Waals surface area contributed by atoms with E-state index < -0.39 is 0 Å². The van der Waals surface area contributed by atoms with Crippen LogP contribution in [0.5, 0.6) is 5.75 Å². The van der Waals surface area contributed by atoms with Gasteiger partial charge < -0.3 is 14.9 Å². The Morgan fingerprint density at radius 2 is 1.89 bits per heavy atom. The summed E-state index contributed by atoms with van der Waals surface area (Å²) in [6.07, 6.45) is 1.01. The zero-order valence-corrected chi connectivity index (χ0v) is 23.3. The average molecular weight is 519 g/mol. The number of rotatable bonds is 9. The molecule has 0 aliphatic carbocycles. The highest BCUT2D eigenvalue weighted by Crippen LogP contribution is 2.48. The molecule has 2 heterocycles. The summed E-state index contributed by atoms with van der Waals surface area (Å²) in [6.45, 7) is 16.1. The number of nitrogens with zero attached hydrogens (tertiary/aromatic N) is 3. The smallest absolute Gasteiger partial charge is 0.274 e. The molecule has 0 saturated carbocycles. The van der Waals surface area contributed by atoms with Gasteiger partial charge in [0.2, 0.25) is 0 Å². The van der Waals surface area contributed by atoms with Crippen molar-refractivity contribution in [2.75, 3.05) is 13.1 Å². The molecule has 1 aliphatic rings. The highest BCUT2D eigenvalue weighted by Gasteiger charge is 2.36. The number of nitroso groups, excluding NO2 is 1. The van der Waals surface area contributed by atoms with E-state index in [0.29, 0.717) is 35.2 Å². The van der Waals surface area contributed by atoms with Crippen LogP contribution in [0.4, 0.5) is 5.69 Å². The third kappa shape index (κ3) is 4.85. The predicted octanol–water partition coefficient (Wildman–Crippen LogP) is 7.47. The number of amides is 1. The van der Waals surface area contributed by atoms with Crippen LogP contribution >= 0.6 is 0 Å². The molecule has 2 N–H and O–H groups in total. The first-order chi connectivity index (χ1) is 18.1. The molecule has 2 atom stereocenters. The van der Waals surface area contributed by atoms with Crippen molar-refractivity contribution in [3.05, 3.63) is 57.6 Å². The van der Waals surface area contributed by atoms with Crippen LogP contribution in [-0.2, 0) is 0 Å². The molecule has 8 nitrogen and oxygen atoms in total. The summed E-state index contributed by atoms with van der Waals surface area (Å²) in [4.78, 5) is 27.0. The van der Waals surface area contributed by atoms with Gasteiger partial charge in [-0.25, -0.2) is 0 Å². The summed E-state index contributed by atoms with van der Waals surface area (Å²) in [6, 6.07) is 9.88. The summed E-state index contributed by atoms with van der Waals surface area (Å²) < 4.78 is 5.77. The van der Waals surface area contributed by atoms with Crippen LogP contribution < -0.4 is 5.32 Å². The predicted molar refractivity (Wildman–Crippen MR) is 150 cm³/mol. The van der Waals surface area contributed by atoms with Gasteiger partial charge in [-0.3, -0.25) is 9.69 Å². The molecule has 38 heavy (non-hydrogen) atoms. The first-order valence-corrected chi connectivity index (χ1v) is 13.5. The Labute approximate surface area is 224 Å². The maximum atomic E-state index is 13.1. The summed E-state index contributed by atoms with van der Waals surface area (Å²) >= 11 is 0. The average Bonchev–Trinajstić information content (AvgIpc) is 3.42. The molecular formula is C30H38N4O4. The number of benzene rings is 2. The molecule has 8 heteroatoms. The second-order valence-electron chi connectivity index (χ2n) is 10.8. The lowest BCUT2D eigenvalue weighted by atomic mass is 9.91. The first kappa shape index (κ1) is 27.5. The monoisotopic (exact) mass is 518 g/mol. The molecule has 0 bridgehead atoms. The van der Waals surface area contributed by atoms with E-state index in [2.05, 4.69) is 60.4 Å². The highest BCUT2D eigenvalue weighted by atomic mass is 16.5. The molecule has 0 spiro atoms. The van der Waals surface area contributed by atoms with Gasteiger partial charge in [0.05, 0.1) is 11.1 Å². The molecule has 0 radical (unpaired) electrons. The quantitative estimate of drug-likeness (QED) is 0.285. The van der Waals surface area contributed by atoms with Crippen LogP contribution in [0.3, 0.4) is 0 Å². The third-order valence-corrected chi connectivity index (χ3v) is 7.40. The van der Waals surface area contributed by atoms with Crippen molar-refractivity contribution in [3.63, 3.8) is 0 Å². The number of fused-ring (bicyclic) bond motifs is 1. The topological polar surface area (TPSA) is 108 Å². The molecule has 2 unspecified atom stereocenters. The Bertz CT molecular complexity index is 1340. The Hall–Kier alpha value is -3.52. The highest BCUT2D eigenvalue weighted by molar-refractivity contribution is 6.02. The first-order valence-electron chi connectivity index (χ1n) is 13.5. The standard InChI is InChI=1S/C30H38N4O4/c1-8-25-20-11-10-19(12-22(20)18(7)34(25)15-16(3)4)27-28(30(36)31-9-2)33-38-29(27)23-13-21(17(5)6)24(32-37)14-26(23)35/h10-14,16-18,25,35H,8-9,15H2,1-7H3,(H,31,36). The molecule has 1 amide bonds. The number of aromatic hydroxyl groups is 1. The number of phenols is 1. The van der Waals surface area contributed by atoms with Gasteiger partial charge in [0.1, 0.15) is 11.4 Å². The minimum Gasteiger partial charge on any atom is -0.507 e. The number of hydrogen-bond donors (Lipinski definition) is 2. The van der Waals surface area contributed by atoms with Gasteiger partial charge in [-0.05, 0) is 71.7 Å². The number of carbonyl (C=O) groups is 1. The van der Waals surface area contributed by atoms with Crippen molar-refractivity contribution >= 4 is 11.6 Å². The van der Waals surface area contributed by atoms with Crippen LogP contribution in [-0.4, -0.2) is 34.2 Å². The van der Waals surface area contributed by atoms with Crippen LogP contribution in [0.2, 0.25) is 0 Å². The number of nitrogens with one attached hydrogen (secondary N) is 1. The van der Waals surface area contributed by atoms with Crippen molar-refractivity contribution in [3.8, 4) is 28.2 Å². The third-order valence-electron chi connectivity index (χ3n) is 7.40. The van der Waals surface area contributed by atoms with Crippen LogP contribution in [0, 0.1) is 10.8 Å². The lowest BCUT2D eigenvalue weighted by Crippen LogP contribution is -2.28. The normalized spacial score (nSPS) is 17.3. The van der Waals surface area contributed by atoms with Gasteiger partial charge in [0.15, 0.2) is 11.5 Å². The largest absolute Gasteiger partial charge is 0.507 e. The van der Waals surface area contributed by atoms with E-state index in [1.165, 1.54) is 17.2 Å². The fraction of sp³-hybridized carbons (Fsp3) is 0.467. The van der Waals surface area contributed by atoms with Crippen LogP contribution in [0.25, 0.3) is 22.5 Å². The summed E-state index contributed by atoms with van der Waals surface area (Å²) in [5, 5.41) is 21.0. The van der Waals surface area contributed by atoms with Gasteiger partial charge in [-0.1, -0.05) is 51.9 Å². The summed E-state index contributed by atoms with van der Waals surface area (Å²) in [7, 11) is 0. The molecule has 2 aromatic carbocycles. The molecule has 1 aliphatic heterocycles. The second kappa shape index (κ2) is 11.1. The summed E-state index contributed by atoms with van der Waals surface area (Å²) in [5.74, 6) is 0.285. The van der Waals surface area contributed by atoms with Crippen LogP contribution in [0.15, 0.2) is 40.0 Å². The van der Waals surface area contributed by atoms with Gasteiger partial charge in [-0.15, -0.1) is 4.91 Å². The van der Waals surface area contributed by atoms with Gasteiger partial charge in [0.25, 0.3) is 5.91 Å². The van der Waals surface area contributed by atoms with Crippen molar-refractivity contribution in [2.24, 2.45) is 11.1 Å². The molecule has 202 valence electrons. The Balaban J connectivity index is 1.92. The minimum absolute atomic E-state index is 0.0185. The maximum Gasteiger partial charge on any atom is 0.274 e. The number of phenolic OH excluding ortho intramolecular Hbond substituents is 1. The Kier molecular flexibility index (Phi) is 8.02. The van der Waals surface area contributed by atoms with Gasteiger partial charge in [0, 0.05) is 31.2 Å². The molecule has 3 aromatic rings. The van der Waals surface area contributed by atoms with E-state index in [1.807, 2.05) is 26.8 Å². The maximum absolute atomic E-state index is 13.1. The number of carbonyl (C=O) groups excluding carboxylic acids is 1. The fourth-order valence-electron chi connectivity index (χ4n) is 5.64. The lowest BCUT2D eigenvalue weighted by molar-refractivity contribution is 0.0947. The van der Waals surface area contributed by atoms with Crippen molar-refractivity contribution < 1.29 is 14.4 Å².